The van der Waals surface area contributed by atoms with Crippen molar-refractivity contribution in [2.75, 3.05) is 19.0 Å². The molecule has 0 heterocycles. The van der Waals surface area contributed by atoms with Crippen molar-refractivity contribution in [3.63, 3.8) is 0 Å². The lowest BCUT2D eigenvalue weighted by atomic mass is 9.85. The Morgan fingerprint density at radius 1 is 1.19 bits per heavy atom. The molecule has 0 atom stereocenters. The molecule has 0 saturated carbocycles. The third kappa shape index (κ3) is 4.66. The molecule has 0 aromatic heterocycles. The number of hydrogen-bond donors (Lipinski definition) is 2. The summed E-state index contributed by atoms with van der Waals surface area (Å²) >= 11 is 0. The highest BCUT2D eigenvalue weighted by molar-refractivity contribution is 6.07. The topological polar surface area (TPSA) is 58.6 Å². The minimum Gasteiger partial charge on any atom is -0.508 e. The van der Waals surface area contributed by atoms with Crippen molar-refractivity contribution in [1.29, 1.82) is 0 Å². The van der Waals surface area contributed by atoms with E-state index in [2.05, 4.69) is 5.32 Å². The van der Waals surface area contributed by atoms with Crippen molar-refractivity contribution in [1.82, 2.24) is 0 Å². The van der Waals surface area contributed by atoms with E-state index >= 15 is 0 Å². The number of hydrogen-bond acceptors (Lipinski definition) is 4. The summed E-state index contributed by atoms with van der Waals surface area (Å²) in [6, 6.07) is 10.8. The molecule has 0 fully saturated rings. The molecule has 4 heteroatoms. The minimum atomic E-state index is -0.218. The number of aromatic hydroxyl groups is 1. The van der Waals surface area contributed by atoms with E-state index in [0.717, 1.165) is 16.8 Å². The summed E-state index contributed by atoms with van der Waals surface area (Å²) in [5, 5.41) is 13.3. The Kier molecular flexibility index (Phi) is 6.09. The Morgan fingerprint density at radius 2 is 1.85 bits per heavy atom. The summed E-state index contributed by atoms with van der Waals surface area (Å²) in [5.74, 6) is 0.681. The summed E-state index contributed by atoms with van der Waals surface area (Å²) < 4.78 is 5.62. The molecule has 0 spiro atoms. The number of rotatable bonds is 6. The van der Waals surface area contributed by atoms with Gasteiger partial charge in [0.05, 0.1) is 6.61 Å². The zero-order chi connectivity index (χ0) is 19.3. The maximum atomic E-state index is 12.4. The van der Waals surface area contributed by atoms with Crippen LogP contribution in [0.4, 0.5) is 5.69 Å². The lowest BCUT2D eigenvalue weighted by Crippen LogP contribution is -2.12. The van der Waals surface area contributed by atoms with E-state index in [0.29, 0.717) is 17.9 Å². The quantitative estimate of drug-likeness (QED) is 0.565. The molecule has 2 rings (SSSR count). The third-order valence-corrected chi connectivity index (χ3v) is 4.11. The molecule has 26 heavy (non-hydrogen) atoms. The molecule has 138 valence electrons. The molecule has 0 aliphatic heterocycles. The number of carbonyl (C=O) groups excluding carboxylic acids is 1. The summed E-state index contributed by atoms with van der Waals surface area (Å²) in [7, 11) is 1.84. The van der Waals surface area contributed by atoms with E-state index in [-0.39, 0.29) is 16.9 Å². The third-order valence-electron chi connectivity index (χ3n) is 4.11. The predicted molar refractivity (Wildman–Crippen MR) is 107 cm³/mol. The predicted octanol–water partition coefficient (Wildman–Crippen LogP) is 5.03. The normalized spacial score (nSPS) is 11.6. The molecule has 0 unspecified atom stereocenters. The number of allylic oxidation sites excluding steroid dienone is 1. The first-order valence-corrected chi connectivity index (χ1v) is 8.76. The molecule has 0 aliphatic carbocycles. The molecule has 0 aliphatic rings. The average Bonchev–Trinajstić information content (AvgIpc) is 2.60. The SMILES string of the molecule is CCOc1cc(O)c(C(C)(C)C)cc1/C=C/C(=O)c1ccc(NC)cc1. The van der Waals surface area contributed by atoms with Gasteiger partial charge < -0.3 is 15.2 Å². The van der Waals surface area contributed by atoms with Gasteiger partial charge in [-0.15, -0.1) is 0 Å². The van der Waals surface area contributed by atoms with Gasteiger partial charge >= 0.3 is 0 Å². The van der Waals surface area contributed by atoms with Gasteiger partial charge in [0.25, 0.3) is 0 Å². The molecule has 0 radical (unpaired) electrons. The molecule has 2 N–H and O–H groups in total. The van der Waals surface area contributed by atoms with Crippen molar-refractivity contribution in [3.05, 3.63) is 59.2 Å². The second-order valence-corrected chi connectivity index (χ2v) is 7.12. The first-order chi connectivity index (χ1) is 12.3. The first-order valence-electron chi connectivity index (χ1n) is 8.76. The average molecular weight is 353 g/mol. The van der Waals surface area contributed by atoms with E-state index < -0.39 is 0 Å². The number of anilines is 1. The summed E-state index contributed by atoms with van der Waals surface area (Å²) in [6.07, 6.45) is 3.28. The van der Waals surface area contributed by atoms with Crippen molar-refractivity contribution >= 4 is 17.5 Å². The second kappa shape index (κ2) is 8.09. The first kappa shape index (κ1) is 19.6. The Bertz CT molecular complexity index is 799. The van der Waals surface area contributed by atoms with E-state index in [1.807, 2.05) is 52.9 Å². The largest absolute Gasteiger partial charge is 0.508 e. The number of ether oxygens (including phenoxy) is 1. The molecule has 0 saturated heterocycles. The van der Waals surface area contributed by atoms with Gasteiger partial charge in [-0.3, -0.25) is 4.79 Å². The zero-order valence-corrected chi connectivity index (χ0v) is 16.1. The number of benzene rings is 2. The van der Waals surface area contributed by atoms with Crippen LogP contribution in [0.3, 0.4) is 0 Å². The zero-order valence-electron chi connectivity index (χ0n) is 16.1. The molecule has 2 aromatic carbocycles. The Hall–Kier alpha value is -2.75. The molecule has 2 aromatic rings. The fourth-order valence-corrected chi connectivity index (χ4v) is 2.66. The van der Waals surface area contributed by atoms with E-state index in [1.54, 1.807) is 24.3 Å². The molecular formula is C22H27NO3. The van der Waals surface area contributed by atoms with Gasteiger partial charge in [0.2, 0.25) is 0 Å². The highest BCUT2D eigenvalue weighted by atomic mass is 16.5. The van der Waals surface area contributed by atoms with Crippen LogP contribution in [0.2, 0.25) is 0 Å². The van der Waals surface area contributed by atoms with E-state index in [1.165, 1.54) is 6.08 Å². The van der Waals surface area contributed by atoms with Crippen LogP contribution in [0.1, 0.15) is 49.2 Å². The Labute approximate surface area is 155 Å². The molecule has 0 bridgehead atoms. The van der Waals surface area contributed by atoms with Crippen molar-refractivity contribution < 1.29 is 14.6 Å². The van der Waals surface area contributed by atoms with Crippen LogP contribution in [0.25, 0.3) is 6.08 Å². The van der Waals surface area contributed by atoms with Crippen LogP contribution < -0.4 is 10.1 Å². The van der Waals surface area contributed by atoms with Crippen molar-refractivity contribution in [3.8, 4) is 11.5 Å². The lowest BCUT2D eigenvalue weighted by molar-refractivity contribution is 0.104. The monoisotopic (exact) mass is 353 g/mol. The van der Waals surface area contributed by atoms with Gasteiger partial charge in [-0.05, 0) is 54.8 Å². The van der Waals surface area contributed by atoms with E-state index in [9.17, 15) is 9.90 Å². The van der Waals surface area contributed by atoms with E-state index in [4.69, 9.17) is 4.74 Å². The number of phenolic OH excluding ortho intramolecular Hbond substituents is 1. The van der Waals surface area contributed by atoms with Crippen LogP contribution in [0.15, 0.2) is 42.5 Å². The van der Waals surface area contributed by atoms with Crippen LogP contribution in [-0.4, -0.2) is 24.5 Å². The minimum absolute atomic E-state index is 0.0829. The van der Waals surface area contributed by atoms with Crippen molar-refractivity contribution in [2.45, 2.75) is 33.1 Å². The van der Waals surface area contributed by atoms with Gasteiger partial charge in [0.15, 0.2) is 5.78 Å². The number of ketones is 1. The smallest absolute Gasteiger partial charge is 0.185 e. The van der Waals surface area contributed by atoms with Crippen LogP contribution in [0, 0.1) is 0 Å². The molecule has 4 nitrogen and oxygen atoms in total. The van der Waals surface area contributed by atoms with Crippen LogP contribution in [0.5, 0.6) is 11.5 Å². The highest BCUT2D eigenvalue weighted by Gasteiger charge is 2.20. The number of carbonyl (C=O) groups is 1. The maximum absolute atomic E-state index is 12.4. The lowest BCUT2D eigenvalue weighted by Gasteiger charge is -2.22. The maximum Gasteiger partial charge on any atom is 0.185 e. The van der Waals surface area contributed by atoms with Gasteiger partial charge in [-0.25, -0.2) is 0 Å². The van der Waals surface area contributed by atoms with Crippen molar-refractivity contribution in [2.24, 2.45) is 0 Å². The van der Waals surface area contributed by atoms with Crippen LogP contribution >= 0.6 is 0 Å². The summed E-state index contributed by atoms with van der Waals surface area (Å²) in [6.45, 7) is 8.46. The molecular weight excluding hydrogens is 326 g/mol. The van der Waals surface area contributed by atoms with Gasteiger partial charge in [-0.2, -0.15) is 0 Å². The standard InChI is InChI=1S/C22H27NO3/c1-6-26-21-14-20(25)18(22(2,3)4)13-16(21)9-12-19(24)15-7-10-17(23-5)11-8-15/h7-14,23,25H,6H2,1-5H3/b12-9+. The number of phenols is 1. The van der Waals surface area contributed by atoms with Gasteiger partial charge in [0, 0.05) is 35.5 Å². The fraction of sp³-hybridized carbons (Fsp3) is 0.318. The van der Waals surface area contributed by atoms with Gasteiger partial charge in [-0.1, -0.05) is 20.8 Å². The fourth-order valence-electron chi connectivity index (χ4n) is 2.66. The Morgan fingerprint density at radius 3 is 2.38 bits per heavy atom. The Balaban J connectivity index is 2.36. The summed E-state index contributed by atoms with van der Waals surface area (Å²) in [4.78, 5) is 12.4. The highest BCUT2D eigenvalue weighted by Crippen LogP contribution is 2.36. The van der Waals surface area contributed by atoms with Gasteiger partial charge in [0.1, 0.15) is 11.5 Å². The second-order valence-electron chi connectivity index (χ2n) is 7.12. The molecule has 0 amide bonds. The number of nitrogens with one attached hydrogen (secondary N) is 1. The van der Waals surface area contributed by atoms with Crippen LogP contribution in [-0.2, 0) is 5.41 Å². The summed E-state index contributed by atoms with van der Waals surface area (Å²) in [5.41, 5.74) is 2.94.